The van der Waals surface area contributed by atoms with E-state index >= 15 is 0 Å². The van der Waals surface area contributed by atoms with Crippen molar-refractivity contribution >= 4 is 15.9 Å². The minimum Gasteiger partial charge on any atom is -0.467 e. The molecule has 1 aromatic carbocycles. The van der Waals surface area contributed by atoms with Gasteiger partial charge in [-0.3, -0.25) is 4.79 Å². The molecule has 1 atom stereocenters. The van der Waals surface area contributed by atoms with E-state index in [0.717, 1.165) is 0 Å². The molecule has 1 unspecified atom stereocenters. The summed E-state index contributed by atoms with van der Waals surface area (Å²) >= 11 is 0. The van der Waals surface area contributed by atoms with E-state index in [4.69, 9.17) is 10.8 Å². The summed E-state index contributed by atoms with van der Waals surface area (Å²) in [6.45, 7) is 1.76. The third-order valence-corrected chi connectivity index (χ3v) is 5.05. The zero-order chi connectivity index (χ0) is 17.7. The standard InChI is InChI=1S/C17H18N2O4S/c1-4-11-18-24(21,22)15-9-7-14(8-10-15)17(20)19(3)13(2)16-6-5-12-23-16/h1,5-10,12-13,18H,11H2,2-3H3. The van der Waals surface area contributed by atoms with Gasteiger partial charge in [0.05, 0.1) is 23.7 Å². The molecule has 24 heavy (non-hydrogen) atoms. The number of furan rings is 1. The van der Waals surface area contributed by atoms with E-state index in [1.807, 2.05) is 6.92 Å². The van der Waals surface area contributed by atoms with Gasteiger partial charge in [-0.15, -0.1) is 6.42 Å². The molecule has 0 aliphatic rings. The summed E-state index contributed by atoms with van der Waals surface area (Å²) in [7, 11) is -2.01. The lowest BCUT2D eigenvalue weighted by atomic mass is 10.1. The van der Waals surface area contributed by atoms with E-state index in [1.54, 1.807) is 25.4 Å². The number of hydrogen-bond acceptors (Lipinski definition) is 4. The predicted octanol–water partition coefficient (Wildman–Crippen LogP) is 2.02. The molecule has 0 aliphatic carbocycles. The number of carbonyl (C=O) groups is 1. The second-order valence-electron chi connectivity index (χ2n) is 5.16. The number of amides is 1. The number of terminal acetylenes is 1. The van der Waals surface area contributed by atoms with E-state index in [2.05, 4.69) is 10.6 Å². The monoisotopic (exact) mass is 346 g/mol. The number of nitrogens with one attached hydrogen (secondary N) is 1. The topological polar surface area (TPSA) is 79.6 Å². The summed E-state index contributed by atoms with van der Waals surface area (Å²) in [6.07, 6.45) is 6.59. The molecule has 0 fully saturated rings. The first kappa shape index (κ1) is 17.8. The first-order valence-electron chi connectivity index (χ1n) is 7.20. The van der Waals surface area contributed by atoms with Gasteiger partial charge in [0.15, 0.2) is 0 Å². The van der Waals surface area contributed by atoms with Crippen LogP contribution in [0, 0.1) is 12.3 Å². The Hall–Kier alpha value is -2.56. The quantitative estimate of drug-likeness (QED) is 0.812. The second kappa shape index (κ2) is 7.34. The first-order valence-corrected chi connectivity index (χ1v) is 8.69. The maximum absolute atomic E-state index is 12.5. The van der Waals surface area contributed by atoms with E-state index < -0.39 is 10.0 Å². The Bertz CT molecular complexity index is 834. The molecule has 6 nitrogen and oxygen atoms in total. The summed E-state index contributed by atoms with van der Waals surface area (Å²) in [6, 6.07) is 8.99. The van der Waals surface area contributed by atoms with Crippen molar-refractivity contribution in [2.45, 2.75) is 17.9 Å². The van der Waals surface area contributed by atoms with Crippen molar-refractivity contribution in [2.75, 3.05) is 13.6 Å². The lowest BCUT2D eigenvalue weighted by Crippen LogP contribution is -2.29. The number of hydrogen-bond donors (Lipinski definition) is 1. The number of benzene rings is 1. The molecule has 0 saturated heterocycles. The Kier molecular flexibility index (Phi) is 5.44. The van der Waals surface area contributed by atoms with Crippen molar-refractivity contribution in [3.05, 3.63) is 54.0 Å². The molecule has 1 aromatic heterocycles. The SMILES string of the molecule is C#CCNS(=O)(=O)c1ccc(C(=O)N(C)C(C)c2ccco2)cc1. The third-order valence-electron chi connectivity index (χ3n) is 3.63. The van der Waals surface area contributed by atoms with Crippen molar-refractivity contribution in [1.29, 1.82) is 0 Å². The Morgan fingerprint density at radius 3 is 2.54 bits per heavy atom. The highest BCUT2D eigenvalue weighted by molar-refractivity contribution is 7.89. The average molecular weight is 346 g/mol. The van der Waals surface area contributed by atoms with Gasteiger partial charge in [0.25, 0.3) is 5.91 Å². The van der Waals surface area contributed by atoms with Crippen molar-refractivity contribution in [2.24, 2.45) is 0 Å². The van der Waals surface area contributed by atoms with Gasteiger partial charge in [-0.05, 0) is 43.3 Å². The maximum atomic E-state index is 12.5. The minimum absolute atomic E-state index is 0.0519. The van der Waals surface area contributed by atoms with Gasteiger partial charge in [-0.1, -0.05) is 5.92 Å². The van der Waals surface area contributed by atoms with Gasteiger partial charge in [-0.2, -0.15) is 4.72 Å². The fourth-order valence-electron chi connectivity index (χ4n) is 2.10. The molecule has 0 radical (unpaired) electrons. The van der Waals surface area contributed by atoms with Gasteiger partial charge in [0, 0.05) is 12.6 Å². The number of nitrogens with zero attached hydrogens (tertiary/aromatic N) is 1. The Labute approximate surface area is 141 Å². The summed E-state index contributed by atoms with van der Waals surface area (Å²) in [5.74, 6) is 2.64. The molecule has 126 valence electrons. The van der Waals surface area contributed by atoms with Crippen LogP contribution in [0.3, 0.4) is 0 Å². The Morgan fingerprint density at radius 2 is 2.00 bits per heavy atom. The molecule has 0 bridgehead atoms. The summed E-state index contributed by atoms with van der Waals surface area (Å²) < 4.78 is 31.5. The second-order valence-corrected chi connectivity index (χ2v) is 6.93. The van der Waals surface area contributed by atoms with Crippen LogP contribution in [-0.4, -0.2) is 32.8 Å². The van der Waals surface area contributed by atoms with Crippen LogP contribution in [0.15, 0.2) is 52.0 Å². The molecular formula is C17H18N2O4S. The zero-order valence-corrected chi connectivity index (χ0v) is 14.2. The van der Waals surface area contributed by atoms with Crippen LogP contribution in [0.4, 0.5) is 0 Å². The Balaban J connectivity index is 2.15. The molecule has 0 aliphatic heterocycles. The number of rotatable bonds is 6. The molecule has 1 amide bonds. The van der Waals surface area contributed by atoms with Gasteiger partial charge in [-0.25, -0.2) is 8.42 Å². The fraction of sp³-hybridized carbons (Fsp3) is 0.235. The summed E-state index contributed by atoms with van der Waals surface area (Å²) in [4.78, 5) is 14.1. The van der Waals surface area contributed by atoms with Crippen molar-refractivity contribution in [1.82, 2.24) is 9.62 Å². The van der Waals surface area contributed by atoms with E-state index in [0.29, 0.717) is 11.3 Å². The average Bonchev–Trinajstić information content (AvgIpc) is 3.12. The van der Waals surface area contributed by atoms with Crippen LogP contribution >= 0.6 is 0 Å². The molecule has 2 aromatic rings. The molecule has 7 heteroatoms. The maximum Gasteiger partial charge on any atom is 0.254 e. The van der Waals surface area contributed by atoms with Crippen LogP contribution in [-0.2, 0) is 10.0 Å². The molecule has 0 spiro atoms. The van der Waals surface area contributed by atoms with Crippen LogP contribution in [0.5, 0.6) is 0 Å². The number of sulfonamides is 1. The van der Waals surface area contributed by atoms with Crippen LogP contribution in [0.1, 0.15) is 29.1 Å². The molecule has 1 heterocycles. The highest BCUT2D eigenvalue weighted by Crippen LogP contribution is 2.21. The summed E-state index contributed by atoms with van der Waals surface area (Å²) in [5.41, 5.74) is 0.381. The third kappa shape index (κ3) is 3.85. The van der Waals surface area contributed by atoms with Gasteiger partial charge in [0.1, 0.15) is 5.76 Å². The molecule has 1 N–H and O–H groups in total. The summed E-state index contributed by atoms with van der Waals surface area (Å²) in [5, 5.41) is 0. The van der Waals surface area contributed by atoms with Crippen LogP contribution in [0.2, 0.25) is 0 Å². The van der Waals surface area contributed by atoms with E-state index in [1.165, 1.54) is 29.2 Å². The largest absolute Gasteiger partial charge is 0.467 e. The highest BCUT2D eigenvalue weighted by atomic mass is 32.2. The lowest BCUT2D eigenvalue weighted by molar-refractivity contribution is 0.0726. The van der Waals surface area contributed by atoms with Crippen molar-refractivity contribution in [3.8, 4) is 12.3 Å². The first-order chi connectivity index (χ1) is 11.4. The van der Waals surface area contributed by atoms with Crippen LogP contribution in [0.25, 0.3) is 0 Å². The van der Waals surface area contributed by atoms with Gasteiger partial charge in [0.2, 0.25) is 10.0 Å². The van der Waals surface area contributed by atoms with Crippen LogP contribution < -0.4 is 4.72 Å². The Morgan fingerprint density at radius 1 is 1.33 bits per heavy atom. The fourth-order valence-corrected chi connectivity index (χ4v) is 3.03. The van der Waals surface area contributed by atoms with E-state index in [-0.39, 0.29) is 23.4 Å². The lowest BCUT2D eigenvalue weighted by Gasteiger charge is -2.23. The van der Waals surface area contributed by atoms with Crippen molar-refractivity contribution < 1.29 is 17.6 Å². The minimum atomic E-state index is -3.67. The van der Waals surface area contributed by atoms with Gasteiger partial charge < -0.3 is 9.32 Å². The highest BCUT2D eigenvalue weighted by Gasteiger charge is 2.21. The number of carbonyl (C=O) groups excluding carboxylic acids is 1. The van der Waals surface area contributed by atoms with Crippen molar-refractivity contribution in [3.63, 3.8) is 0 Å². The zero-order valence-electron chi connectivity index (χ0n) is 13.4. The predicted molar refractivity (Wildman–Crippen MR) is 89.7 cm³/mol. The normalized spacial score (nSPS) is 12.4. The molecule has 2 rings (SSSR count). The van der Waals surface area contributed by atoms with Gasteiger partial charge >= 0.3 is 0 Å². The van der Waals surface area contributed by atoms with E-state index in [9.17, 15) is 13.2 Å². The smallest absolute Gasteiger partial charge is 0.254 e. The molecule has 0 saturated carbocycles. The molecular weight excluding hydrogens is 328 g/mol.